The molecule has 1 aliphatic rings. The van der Waals surface area contributed by atoms with Gasteiger partial charge in [-0.25, -0.2) is 4.98 Å². The maximum atomic E-state index is 11.9. The lowest BCUT2D eigenvalue weighted by atomic mass is 9.86. The van der Waals surface area contributed by atoms with Gasteiger partial charge in [-0.1, -0.05) is 24.7 Å². The fraction of sp³-hybridized carbons (Fsp3) is 0.538. The SMILES string of the molecule is CCc1nn2c(=O)cc(COC(=O)C3CCC3)nc2s1. The normalized spacial score (nSPS) is 15.2. The molecule has 1 aliphatic carbocycles. The highest BCUT2D eigenvalue weighted by Gasteiger charge is 2.26. The summed E-state index contributed by atoms with van der Waals surface area (Å²) in [7, 11) is 0. The average molecular weight is 293 g/mol. The first-order valence-electron chi connectivity index (χ1n) is 6.72. The second-order valence-electron chi connectivity index (χ2n) is 4.86. The number of carbonyl (C=O) groups is 1. The molecule has 106 valence electrons. The van der Waals surface area contributed by atoms with Crippen molar-refractivity contribution in [3.63, 3.8) is 0 Å². The Morgan fingerprint density at radius 3 is 3.00 bits per heavy atom. The van der Waals surface area contributed by atoms with Gasteiger partial charge in [0.2, 0.25) is 4.96 Å². The van der Waals surface area contributed by atoms with Crippen molar-refractivity contribution in [1.29, 1.82) is 0 Å². The quantitative estimate of drug-likeness (QED) is 0.800. The number of esters is 1. The van der Waals surface area contributed by atoms with Gasteiger partial charge in [-0.3, -0.25) is 9.59 Å². The molecule has 0 aromatic carbocycles. The highest BCUT2D eigenvalue weighted by atomic mass is 32.1. The lowest BCUT2D eigenvalue weighted by molar-refractivity contribution is -0.152. The molecule has 0 spiro atoms. The third-order valence-corrected chi connectivity index (χ3v) is 4.50. The van der Waals surface area contributed by atoms with Crippen LogP contribution in [0.3, 0.4) is 0 Å². The van der Waals surface area contributed by atoms with E-state index in [0.29, 0.717) is 10.7 Å². The van der Waals surface area contributed by atoms with E-state index in [2.05, 4.69) is 10.1 Å². The third kappa shape index (κ3) is 2.45. The number of nitrogens with zero attached hydrogens (tertiary/aromatic N) is 3. The van der Waals surface area contributed by atoms with Crippen molar-refractivity contribution >= 4 is 22.3 Å². The molecule has 0 unspecified atom stereocenters. The number of hydrogen-bond donors (Lipinski definition) is 0. The van der Waals surface area contributed by atoms with Gasteiger partial charge in [0.1, 0.15) is 11.6 Å². The van der Waals surface area contributed by atoms with Crippen LogP contribution < -0.4 is 5.56 Å². The smallest absolute Gasteiger partial charge is 0.309 e. The maximum Gasteiger partial charge on any atom is 0.309 e. The van der Waals surface area contributed by atoms with Gasteiger partial charge in [0.05, 0.1) is 11.6 Å². The van der Waals surface area contributed by atoms with Crippen LogP contribution in [0.2, 0.25) is 0 Å². The molecule has 0 amide bonds. The summed E-state index contributed by atoms with van der Waals surface area (Å²) in [5.74, 6) is -0.147. The molecular formula is C13H15N3O3S. The number of aryl methyl sites for hydroxylation is 1. The van der Waals surface area contributed by atoms with Crippen molar-refractivity contribution in [3.05, 3.63) is 27.1 Å². The summed E-state index contributed by atoms with van der Waals surface area (Å²) in [6, 6.07) is 1.38. The van der Waals surface area contributed by atoms with E-state index >= 15 is 0 Å². The van der Waals surface area contributed by atoms with Gasteiger partial charge in [0, 0.05) is 6.07 Å². The van der Waals surface area contributed by atoms with Crippen molar-refractivity contribution in [3.8, 4) is 0 Å². The number of fused-ring (bicyclic) bond motifs is 1. The molecule has 0 bridgehead atoms. The molecule has 2 heterocycles. The highest BCUT2D eigenvalue weighted by molar-refractivity contribution is 7.16. The zero-order valence-electron chi connectivity index (χ0n) is 11.2. The lowest BCUT2D eigenvalue weighted by Crippen LogP contribution is -2.24. The summed E-state index contributed by atoms with van der Waals surface area (Å²) in [4.78, 5) is 28.4. The second kappa shape index (κ2) is 5.32. The van der Waals surface area contributed by atoms with E-state index in [1.807, 2.05) is 6.92 Å². The minimum Gasteiger partial charge on any atom is -0.459 e. The van der Waals surface area contributed by atoms with Crippen molar-refractivity contribution in [2.24, 2.45) is 5.92 Å². The van der Waals surface area contributed by atoms with Gasteiger partial charge in [0.15, 0.2) is 0 Å². The minimum atomic E-state index is -0.236. The van der Waals surface area contributed by atoms with Gasteiger partial charge < -0.3 is 4.74 Å². The molecule has 2 aromatic rings. The molecule has 3 rings (SSSR count). The van der Waals surface area contributed by atoms with Gasteiger partial charge in [-0.2, -0.15) is 9.61 Å². The molecule has 7 heteroatoms. The summed E-state index contributed by atoms with van der Waals surface area (Å²) in [6.45, 7) is 2.03. The standard InChI is InChI=1S/C13H15N3O3S/c1-2-10-15-16-11(17)6-9(14-13(16)20-10)7-19-12(18)8-4-3-5-8/h6,8H,2-5,7H2,1H3. The topological polar surface area (TPSA) is 73.6 Å². The van der Waals surface area contributed by atoms with Crippen LogP contribution in [0.15, 0.2) is 10.9 Å². The summed E-state index contributed by atoms with van der Waals surface area (Å²) in [6.07, 6.45) is 3.66. The fourth-order valence-electron chi connectivity index (χ4n) is 2.02. The van der Waals surface area contributed by atoms with Crippen LogP contribution in [-0.4, -0.2) is 20.6 Å². The Morgan fingerprint density at radius 2 is 2.35 bits per heavy atom. The Bertz CT molecular complexity index is 702. The van der Waals surface area contributed by atoms with Crippen molar-refractivity contribution in [2.75, 3.05) is 0 Å². The fourth-order valence-corrected chi connectivity index (χ4v) is 2.88. The number of aromatic nitrogens is 3. The molecule has 0 N–H and O–H groups in total. The van der Waals surface area contributed by atoms with Crippen LogP contribution >= 0.6 is 11.3 Å². The number of hydrogen-bond acceptors (Lipinski definition) is 6. The summed E-state index contributed by atoms with van der Waals surface area (Å²) < 4.78 is 6.50. The Hall–Kier alpha value is -1.76. The van der Waals surface area contributed by atoms with Crippen molar-refractivity contribution < 1.29 is 9.53 Å². The monoisotopic (exact) mass is 293 g/mol. The largest absolute Gasteiger partial charge is 0.459 e. The van der Waals surface area contributed by atoms with Crippen LogP contribution in [0.5, 0.6) is 0 Å². The van der Waals surface area contributed by atoms with E-state index in [0.717, 1.165) is 30.7 Å². The molecule has 0 atom stereocenters. The number of rotatable bonds is 4. The van der Waals surface area contributed by atoms with Gasteiger partial charge in [-0.05, 0) is 19.3 Å². The van der Waals surface area contributed by atoms with Crippen molar-refractivity contribution in [1.82, 2.24) is 14.6 Å². The van der Waals surface area contributed by atoms with E-state index in [-0.39, 0.29) is 24.1 Å². The predicted molar refractivity (Wildman–Crippen MR) is 73.6 cm³/mol. The van der Waals surface area contributed by atoms with Gasteiger partial charge in [-0.15, -0.1) is 0 Å². The summed E-state index contributed by atoms with van der Waals surface area (Å²) in [5.41, 5.74) is 0.245. The van der Waals surface area contributed by atoms with E-state index in [9.17, 15) is 9.59 Å². The first kappa shape index (κ1) is 13.2. The first-order chi connectivity index (χ1) is 9.67. The predicted octanol–water partition coefficient (Wildman–Crippen LogP) is 1.56. The summed E-state index contributed by atoms with van der Waals surface area (Å²) >= 11 is 1.38. The van der Waals surface area contributed by atoms with Crippen LogP contribution in [0, 0.1) is 5.92 Å². The third-order valence-electron chi connectivity index (χ3n) is 3.44. The Balaban J connectivity index is 1.77. The van der Waals surface area contributed by atoms with Gasteiger partial charge >= 0.3 is 5.97 Å². The first-order valence-corrected chi connectivity index (χ1v) is 7.54. The highest BCUT2D eigenvalue weighted by Crippen LogP contribution is 2.27. The lowest BCUT2D eigenvalue weighted by Gasteiger charge is -2.22. The average Bonchev–Trinajstić information content (AvgIpc) is 2.78. The summed E-state index contributed by atoms with van der Waals surface area (Å²) in [5, 5.41) is 5.03. The number of ether oxygens (including phenoxy) is 1. The molecule has 1 fully saturated rings. The maximum absolute atomic E-state index is 11.9. The van der Waals surface area contributed by atoms with Crippen LogP contribution in [0.25, 0.3) is 4.96 Å². The molecule has 1 saturated carbocycles. The van der Waals surface area contributed by atoms with E-state index in [4.69, 9.17) is 4.74 Å². The molecule has 6 nitrogen and oxygen atoms in total. The zero-order chi connectivity index (χ0) is 14.1. The Kier molecular flexibility index (Phi) is 3.52. The molecule has 0 radical (unpaired) electrons. The van der Waals surface area contributed by atoms with E-state index in [1.54, 1.807) is 0 Å². The van der Waals surface area contributed by atoms with Crippen LogP contribution in [0.1, 0.15) is 36.9 Å². The second-order valence-corrected chi connectivity index (χ2v) is 5.91. The molecule has 0 saturated heterocycles. The molecule has 20 heavy (non-hydrogen) atoms. The van der Waals surface area contributed by atoms with Gasteiger partial charge in [0.25, 0.3) is 5.56 Å². The number of carbonyl (C=O) groups excluding carboxylic acids is 1. The van der Waals surface area contributed by atoms with Crippen LogP contribution in [0.4, 0.5) is 0 Å². The van der Waals surface area contributed by atoms with E-state index < -0.39 is 0 Å². The molecular weight excluding hydrogens is 278 g/mol. The molecule has 2 aromatic heterocycles. The zero-order valence-corrected chi connectivity index (χ0v) is 12.0. The van der Waals surface area contributed by atoms with Crippen LogP contribution in [-0.2, 0) is 22.6 Å². The van der Waals surface area contributed by atoms with Crippen molar-refractivity contribution in [2.45, 2.75) is 39.2 Å². The molecule has 0 aliphatic heterocycles. The minimum absolute atomic E-state index is 0.0370. The Morgan fingerprint density at radius 1 is 1.55 bits per heavy atom. The van der Waals surface area contributed by atoms with E-state index in [1.165, 1.54) is 21.9 Å². The Labute approximate surface area is 119 Å².